The number of rotatable bonds is 3. The van der Waals surface area contributed by atoms with Crippen molar-refractivity contribution in [1.82, 2.24) is 9.55 Å². The van der Waals surface area contributed by atoms with Gasteiger partial charge in [-0.05, 0) is 37.8 Å². The van der Waals surface area contributed by atoms with Gasteiger partial charge in [0.25, 0.3) is 0 Å². The zero-order valence-corrected chi connectivity index (χ0v) is 12.7. The van der Waals surface area contributed by atoms with Gasteiger partial charge in [0.15, 0.2) is 11.5 Å². The lowest BCUT2D eigenvalue weighted by atomic mass is 9.92. The van der Waals surface area contributed by atoms with E-state index < -0.39 is 0 Å². The summed E-state index contributed by atoms with van der Waals surface area (Å²) in [6, 6.07) is 6.45. The average molecular weight is 300 g/mol. The van der Waals surface area contributed by atoms with Crippen molar-refractivity contribution in [3.63, 3.8) is 0 Å². The van der Waals surface area contributed by atoms with Crippen LogP contribution in [0.1, 0.15) is 31.7 Å². The zero-order valence-electron chi connectivity index (χ0n) is 12.7. The molecular formula is C17H20N2O3. The van der Waals surface area contributed by atoms with Crippen LogP contribution in [0.2, 0.25) is 0 Å². The molecule has 1 aromatic carbocycles. The number of fused-ring (bicyclic) bond motifs is 1. The normalized spacial score (nSPS) is 23.7. The topological polar surface area (TPSA) is 45.5 Å². The highest BCUT2D eigenvalue weighted by atomic mass is 16.7. The second kappa shape index (κ2) is 5.65. The van der Waals surface area contributed by atoms with E-state index in [9.17, 15) is 0 Å². The Hall–Kier alpha value is -2.01. The van der Waals surface area contributed by atoms with Crippen LogP contribution in [-0.4, -0.2) is 29.6 Å². The molecule has 5 heteroatoms. The van der Waals surface area contributed by atoms with Crippen LogP contribution in [0.25, 0.3) is 11.4 Å². The average Bonchev–Trinajstić information content (AvgIpc) is 3.23. The first-order valence-corrected chi connectivity index (χ1v) is 7.81. The summed E-state index contributed by atoms with van der Waals surface area (Å²) in [4.78, 5) is 4.57. The lowest BCUT2D eigenvalue weighted by Crippen LogP contribution is -2.22. The molecule has 1 aromatic heterocycles. The summed E-state index contributed by atoms with van der Waals surface area (Å²) >= 11 is 0. The van der Waals surface area contributed by atoms with E-state index in [1.54, 1.807) is 7.11 Å². The van der Waals surface area contributed by atoms with Gasteiger partial charge in [0.05, 0.1) is 11.7 Å². The van der Waals surface area contributed by atoms with Crippen LogP contribution in [0.3, 0.4) is 0 Å². The van der Waals surface area contributed by atoms with E-state index in [4.69, 9.17) is 14.2 Å². The van der Waals surface area contributed by atoms with Gasteiger partial charge in [-0.1, -0.05) is 6.07 Å². The van der Waals surface area contributed by atoms with Crippen LogP contribution in [0.5, 0.6) is 11.5 Å². The molecule has 116 valence electrons. The van der Waals surface area contributed by atoms with Crippen molar-refractivity contribution >= 4 is 0 Å². The number of benzene rings is 1. The first-order valence-electron chi connectivity index (χ1n) is 7.81. The molecule has 0 atom stereocenters. The molecule has 22 heavy (non-hydrogen) atoms. The summed E-state index contributed by atoms with van der Waals surface area (Å²) in [6.45, 7) is 0.284. The highest BCUT2D eigenvalue weighted by molar-refractivity contribution is 5.69. The Balaban J connectivity index is 1.65. The molecule has 0 saturated heterocycles. The number of aromatic nitrogens is 2. The Morgan fingerprint density at radius 3 is 2.86 bits per heavy atom. The molecule has 2 aliphatic rings. The highest BCUT2D eigenvalue weighted by Crippen LogP contribution is 2.42. The van der Waals surface area contributed by atoms with Gasteiger partial charge in [-0.2, -0.15) is 0 Å². The van der Waals surface area contributed by atoms with Crippen LogP contribution < -0.4 is 9.47 Å². The smallest absolute Gasteiger partial charge is 0.231 e. The minimum absolute atomic E-state index is 0.284. The zero-order chi connectivity index (χ0) is 14.9. The monoisotopic (exact) mass is 300 g/mol. The summed E-state index contributed by atoms with van der Waals surface area (Å²) in [7, 11) is 1.80. The number of hydrogen-bond acceptors (Lipinski definition) is 4. The van der Waals surface area contributed by atoms with Crippen LogP contribution in [-0.2, 0) is 4.74 Å². The van der Waals surface area contributed by atoms with Crippen LogP contribution in [0.15, 0.2) is 30.6 Å². The molecule has 2 heterocycles. The third kappa shape index (κ3) is 2.25. The quantitative estimate of drug-likeness (QED) is 0.871. The SMILES string of the molecule is COC1CCC(n2ccnc2-c2cccc3c2OCO3)CC1. The lowest BCUT2D eigenvalue weighted by Gasteiger charge is -2.29. The number of para-hydroxylation sites is 1. The first-order chi connectivity index (χ1) is 10.9. The van der Waals surface area contributed by atoms with E-state index >= 15 is 0 Å². The summed E-state index contributed by atoms with van der Waals surface area (Å²) in [5, 5.41) is 0. The third-order valence-electron chi connectivity index (χ3n) is 4.68. The Morgan fingerprint density at radius 1 is 1.18 bits per heavy atom. The maximum atomic E-state index is 5.63. The van der Waals surface area contributed by atoms with E-state index in [0.29, 0.717) is 12.1 Å². The molecule has 0 spiro atoms. The molecule has 1 aliphatic heterocycles. The maximum absolute atomic E-state index is 5.63. The lowest BCUT2D eigenvalue weighted by molar-refractivity contribution is 0.0586. The first kappa shape index (κ1) is 13.6. The molecule has 0 N–H and O–H groups in total. The highest BCUT2D eigenvalue weighted by Gasteiger charge is 2.26. The van der Waals surface area contributed by atoms with E-state index in [1.807, 2.05) is 24.4 Å². The third-order valence-corrected chi connectivity index (χ3v) is 4.68. The summed E-state index contributed by atoms with van der Waals surface area (Å²) in [5.74, 6) is 2.57. The van der Waals surface area contributed by atoms with Gasteiger partial charge in [0.2, 0.25) is 6.79 Å². The predicted octanol–water partition coefficient (Wildman–Crippen LogP) is 3.41. The van der Waals surface area contributed by atoms with Crippen LogP contribution >= 0.6 is 0 Å². The Morgan fingerprint density at radius 2 is 2.05 bits per heavy atom. The van der Waals surface area contributed by atoms with E-state index in [-0.39, 0.29) is 6.79 Å². The van der Waals surface area contributed by atoms with Crippen LogP contribution in [0, 0.1) is 0 Å². The standard InChI is InChI=1S/C17H20N2O3/c1-20-13-7-5-12(6-8-13)19-10-9-18-17(19)14-3-2-4-15-16(14)22-11-21-15/h2-4,9-10,12-13H,5-8,11H2,1H3. The van der Waals surface area contributed by atoms with Gasteiger partial charge < -0.3 is 18.8 Å². The van der Waals surface area contributed by atoms with Gasteiger partial charge >= 0.3 is 0 Å². The van der Waals surface area contributed by atoms with Gasteiger partial charge in [-0.15, -0.1) is 0 Å². The molecule has 1 aliphatic carbocycles. The van der Waals surface area contributed by atoms with Crippen molar-refractivity contribution in [2.75, 3.05) is 13.9 Å². The van der Waals surface area contributed by atoms with Gasteiger partial charge in [0.1, 0.15) is 5.82 Å². The number of hydrogen-bond donors (Lipinski definition) is 0. The summed E-state index contributed by atoms with van der Waals surface area (Å²) in [6.07, 6.45) is 8.79. The number of methoxy groups -OCH3 is 1. The fourth-order valence-corrected chi connectivity index (χ4v) is 3.48. The number of imidazole rings is 1. The molecule has 0 unspecified atom stereocenters. The van der Waals surface area contributed by atoms with Crippen molar-refractivity contribution in [3.8, 4) is 22.9 Å². The number of nitrogens with zero attached hydrogens (tertiary/aromatic N) is 2. The van der Waals surface area contributed by atoms with E-state index in [2.05, 4.69) is 15.7 Å². The van der Waals surface area contributed by atoms with Crippen molar-refractivity contribution in [1.29, 1.82) is 0 Å². The Kier molecular flexibility index (Phi) is 3.50. The predicted molar refractivity (Wildman–Crippen MR) is 82.1 cm³/mol. The maximum Gasteiger partial charge on any atom is 0.231 e. The fraction of sp³-hybridized carbons (Fsp3) is 0.471. The van der Waals surface area contributed by atoms with Crippen molar-refractivity contribution in [2.45, 2.75) is 37.8 Å². The molecule has 0 radical (unpaired) electrons. The summed E-state index contributed by atoms with van der Waals surface area (Å²) in [5.41, 5.74) is 1.01. The van der Waals surface area contributed by atoms with Crippen molar-refractivity contribution < 1.29 is 14.2 Å². The van der Waals surface area contributed by atoms with E-state index in [0.717, 1.165) is 48.6 Å². The second-order valence-electron chi connectivity index (χ2n) is 5.86. The minimum atomic E-state index is 0.284. The van der Waals surface area contributed by atoms with Crippen molar-refractivity contribution in [2.24, 2.45) is 0 Å². The van der Waals surface area contributed by atoms with Crippen LogP contribution in [0.4, 0.5) is 0 Å². The van der Waals surface area contributed by atoms with Crippen molar-refractivity contribution in [3.05, 3.63) is 30.6 Å². The van der Waals surface area contributed by atoms with E-state index in [1.165, 1.54) is 0 Å². The molecule has 1 saturated carbocycles. The largest absolute Gasteiger partial charge is 0.454 e. The molecular weight excluding hydrogens is 280 g/mol. The second-order valence-corrected chi connectivity index (χ2v) is 5.86. The summed E-state index contributed by atoms with van der Waals surface area (Å²) < 4.78 is 18.9. The Labute approximate surface area is 129 Å². The van der Waals surface area contributed by atoms with Gasteiger partial charge in [-0.25, -0.2) is 4.98 Å². The molecule has 0 amide bonds. The molecule has 4 rings (SSSR count). The Bertz CT molecular complexity index is 660. The minimum Gasteiger partial charge on any atom is -0.454 e. The fourth-order valence-electron chi connectivity index (χ4n) is 3.48. The van der Waals surface area contributed by atoms with Gasteiger partial charge in [0, 0.05) is 25.5 Å². The molecule has 0 bridgehead atoms. The molecule has 2 aromatic rings. The van der Waals surface area contributed by atoms with Gasteiger partial charge in [-0.3, -0.25) is 0 Å². The number of ether oxygens (including phenoxy) is 3. The molecule has 1 fully saturated rings. The molecule has 5 nitrogen and oxygen atoms in total.